The molecule has 0 saturated carbocycles. The van der Waals surface area contributed by atoms with Gasteiger partial charge in [-0.3, -0.25) is 4.99 Å². The van der Waals surface area contributed by atoms with Crippen molar-refractivity contribution in [3.8, 4) is 0 Å². The monoisotopic (exact) mass is 209 g/mol. The van der Waals surface area contributed by atoms with Gasteiger partial charge in [0, 0.05) is 11.3 Å². The molecule has 0 fully saturated rings. The summed E-state index contributed by atoms with van der Waals surface area (Å²) in [6, 6.07) is 0.460. The number of nitrogens with zero attached hydrogens (tertiary/aromatic N) is 2. The number of aryl methyl sites for hydroxylation is 1. The summed E-state index contributed by atoms with van der Waals surface area (Å²) in [5, 5.41) is 0.704. The molecule has 3 nitrogen and oxygen atoms in total. The molecule has 1 atom stereocenters. The van der Waals surface area contributed by atoms with E-state index < -0.39 is 0 Å². The van der Waals surface area contributed by atoms with Crippen LogP contribution in [0.3, 0.4) is 0 Å². The van der Waals surface area contributed by atoms with Gasteiger partial charge in [0.15, 0.2) is 5.13 Å². The van der Waals surface area contributed by atoms with Gasteiger partial charge < -0.3 is 5.73 Å². The lowest BCUT2D eigenvalue weighted by Gasteiger charge is -2.16. The highest BCUT2D eigenvalue weighted by Crippen LogP contribution is 2.29. The molecule has 1 aromatic rings. The van der Waals surface area contributed by atoms with Crippen LogP contribution in [-0.4, -0.2) is 17.2 Å². The van der Waals surface area contributed by atoms with Crippen LogP contribution < -0.4 is 5.73 Å². The zero-order chi connectivity index (χ0) is 9.97. The molecule has 0 aliphatic heterocycles. The standard InChI is InChI=1S/C10H15N3S/c1-2-5-12-7-3-4-8-9(6-7)14-10(11)13-8/h5,7H,2-4,6H2,1H3,(H2,11,13). The Hall–Kier alpha value is -0.900. The normalized spacial score (nSPS) is 21.4. The van der Waals surface area contributed by atoms with Gasteiger partial charge in [-0.1, -0.05) is 6.92 Å². The third-order valence-corrected chi connectivity index (χ3v) is 3.38. The topological polar surface area (TPSA) is 51.3 Å². The largest absolute Gasteiger partial charge is 0.375 e. The van der Waals surface area contributed by atoms with Crippen LogP contribution in [0.15, 0.2) is 4.99 Å². The fourth-order valence-corrected chi connectivity index (χ4v) is 2.71. The zero-order valence-corrected chi connectivity index (χ0v) is 9.18. The molecule has 1 aliphatic rings. The molecule has 0 spiro atoms. The third kappa shape index (κ3) is 1.95. The van der Waals surface area contributed by atoms with Crippen molar-refractivity contribution in [1.29, 1.82) is 0 Å². The first-order valence-electron chi connectivity index (χ1n) is 5.05. The third-order valence-electron chi connectivity index (χ3n) is 2.43. The Labute approximate surface area is 88.1 Å². The van der Waals surface area contributed by atoms with E-state index in [2.05, 4.69) is 16.9 Å². The van der Waals surface area contributed by atoms with Crippen LogP contribution in [0.1, 0.15) is 30.3 Å². The number of fused-ring (bicyclic) bond motifs is 1. The molecule has 1 unspecified atom stereocenters. The molecule has 2 N–H and O–H groups in total. The molecule has 0 bridgehead atoms. The van der Waals surface area contributed by atoms with Crippen LogP contribution in [0.25, 0.3) is 0 Å². The predicted octanol–water partition coefficient (Wildman–Crippen LogP) is 2.06. The van der Waals surface area contributed by atoms with Gasteiger partial charge in [0.2, 0.25) is 0 Å². The van der Waals surface area contributed by atoms with Gasteiger partial charge in [-0.15, -0.1) is 11.3 Å². The van der Waals surface area contributed by atoms with Gasteiger partial charge in [0.25, 0.3) is 0 Å². The van der Waals surface area contributed by atoms with E-state index in [1.165, 1.54) is 10.6 Å². The molecular formula is C10H15N3S. The van der Waals surface area contributed by atoms with Crippen LogP contribution in [0.5, 0.6) is 0 Å². The number of anilines is 1. The molecule has 0 saturated heterocycles. The zero-order valence-electron chi connectivity index (χ0n) is 8.36. The fourth-order valence-electron chi connectivity index (χ4n) is 1.76. The highest BCUT2D eigenvalue weighted by molar-refractivity contribution is 7.15. The Morgan fingerprint density at radius 1 is 1.71 bits per heavy atom. The number of thiazole rings is 1. The molecule has 4 heteroatoms. The van der Waals surface area contributed by atoms with Crippen molar-refractivity contribution < 1.29 is 0 Å². The number of nitrogen functional groups attached to an aromatic ring is 1. The second kappa shape index (κ2) is 4.09. The highest BCUT2D eigenvalue weighted by atomic mass is 32.1. The molecule has 0 amide bonds. The minimum absolute atomic E-state index is 0.460. The summed E-state index contributed by atoms with van der Waals surface area (Å²) in [6.07, 6.45) is 6.22. The Balaban J connectivity index is 2.09. The Morgan fingerprint density at radius 3 is 3.36 bits per heavy atom. The fraction of sp³-hybridized carbons (Fsp3) is 0.600. The highest BCUT2D eigenvalue weighted by Gasteiger charge is 2.20. The van der Waals surface area contributed by atoms with Gasteiger partial charge >= 0.3 is 0 Å². The van der Waals surface area contributed by atoms with E-state index in [9.17, 15) is 0 Å². The van der Waals surface area contributed by atoms with E-state index in [1.807, 2.05) is 6.21 Å². The lowest BCUT2D eigenvalue weighted by molar-refractivity contribution is 0.580. The van der Waals surface area contributed by atoms with E-state index in [0.717, 1.165) is 25.7 Å². The molecule has 1 aromatic heterocycles. The van der Waals surface area contributed by atoms with E-state index in [0.29, 0.717) is 11.2 Å². The van der Waals surface area contributed by atoms with Crippen molar-refractivity contribution in [2.75, 3.05) is 5.73 Å². The number of hydrogen-bond acceptors (Lipinski definition) is 4. The van der Waals surface area contributed by atoms with Crippen LogP contribution in [0.4, 0.5) is 5.13 Å². The number of rotatable bonds is 2. The molecular weight excluding hydrogens is 194 g/mol. The summed E-state index contributed by atoms with van der Waals surface area (Å²) < 4.78 is 0. The Bertz CT molecular complexity index is 343. The Morgan fingerprint density at radius 2 is 2.57 bits per heavy atom. The number of nitrogens with two attached hydrogens (primary N) is 1. The molecule has 1 heterocycles. The van der Waals surface area contributed by atoms with Crippen LogP contribution >= 0.6 is 11.3 Å². The first-order valence-corrected chi connectivity index (χ1v) is 5.87. The minimum Gasteiger partial charge on any atom is -0.375 e. The van der Waals surface area contributed by atoms with Crippen LogP contribution in [-0.2, 0) is 12.8 Å². The maximum Gasteiger partial charge on any atom is 0.180 e. The van der Waals surface area contributed by atoms with Crippen molar-refractivity contribution in [1.82, 2.24) is 4.98 Å². The lowest BCUT2D eigenvalue weighted by Crippen LogP contribution is -2.16. The summed E-state index contributed by atoms with van der Waals surface area (Å²) in [4.78, 5) is 10.2. The number of aromatic nitrogens is 1. The van der Waals surface area contributed by atoms with Crippen molar-refractivity contribution in [3.05, 3.63) is 10.6 Å². The second-order valence-electron chi connectivity index (χ2n) is 3.56. The SMILES string of the molecule is CCC=NC1CCc2nc(N)sc2C1. The summed E-state index contributed by atoms with van der Waals surface area (Å²) in [5.74, 6) is 0. The van der Waals surface area contributed by atoms with Crippen molar-refractivity contribution in [2.45, 2.75) is 38.6 Å². The van der Waals surface area contributed by atoms with Gasteiger partial charge in [-0.25, -0.2) is 4.98 Å². The van der Waals surface area contributed by atoms with Crippen molar-refractivity contribution in [3.63, 3.8) is 0 Å². The van der Waals surface area contributed by atoms with Gasteiger partial charge in [0.05, 0.1) is 11.7 Å². The van der Waals surface area contributed by atoms with E-state index >= 15 is 0 Å². The number of hydrogen-bond donors (Lipinski definition) is 1. The first kappa shape index (κ1) is 9.65. The maximum absolute atomic E-state index is 5.67. The average molecular weight is 209 g/mol. The quantitative estimate of drug-likeness (QED) is 0.758. The smallest absolute Gasteiger partial charge is 0.180 e. The van der Waals surface area contributed by atoms with Crippen LogP contribution in [0, 0.1) is 0 Å². The van der Waals surface area contributed by atoms with Gasteiger partial charge in [-0.2, -0.15) is 0 Å². The maximum atomic E-state index is 5.67. The average Bonchev–Trinajstić information content (AvgIpc) is 2.54. The van der Waals surface area contributed by atoms with Crippen LogP contribution in [0.2, 0.25) is 0 Å². The molecule has 14 heavy (non-hydrogen) atoms. The molecule has 1 aliphatic carbocycles. The summed E-state index contributed by atoms with van der Waals surface area (Å²) >= 11 is 1.62. The first-order chi connectivity index (χ1) is 6.79. The van der Waals surface area contributed by atoms with E-state index in [-0.39, 0.29) is 0 Å². The van der Waals surface area contributed by atoms with Crippen molar-refractivity contribution >= 4 is 22.7 Å². The molecule has 2 rings (SSSR count). The van der Waals surface area contributed by atoms with Gasteiger partial charge in [0.1, 0.15) is 0 Å². The molecule has 76 valence electrons. The predicted molar refractivity (Wildman–Crippen MR) is 61.1 cm³/mol. The lowest BCUT2D eigenvalue weighted by atomic mass is 9.98. The summed E-state index contributed by atoms with van der Waals surface area (Å²) in [7, 11) is 0. The summed E-state index contributed by atoms with van der Waals surface area (Å²) in [6.45, 7) is 2.11. The number of aliphatic imine (C=N–C) groups is 1. The summed E-state index contributed by atoms with van der Waals surface area (Å²) in [5.41, 5.74) is 6.88. The molecule has 0 radical (unpaired) electrons. The minimum atomic E-state index is 0.460. The van der Waals surface area contributed by atoms with E-state index in [1.54, 1.807) is 11.3 Å². The van der Waals surface area contributed by atoms with E-state index in [4.69, 9.17) is 5.73 Å². The second-order valence-corrected chi connectivity index (χ2v) is 4.67. The molecule has 0 aromatic carbocycles. The van der Waals surface area contributed by atoms with Gasteiger partial charge in [-0.05, 0) is 25.5 Å². The van der Waals surface area contributed by atoms with Crippen molar-refractivity contribution in [2.24, 2.45) is 4.99 Å². The Kier molecular flexibility index (Phi) is 2.82.